The Morgan fingerprint density at radius 3 is 2.36 bits per heavy atom. The molecule has 0 radical (unpaired) electrons. The molecule has 0 spiro atoms. The molecular formula is C22H21N3O3. The number of carbonyl (C=O) groups excluding carboxylic acids is 2. The highest BCUT2D eigenvalue weighted by Gasteiger charge is 2.13. The summed E-state index contributed by atoms with van der Waals surface area (Å²) in [5, 5.41) is 5.64. The van der Waals surface area contributed by atoms with Crippen LogP contribution in [0.3, 0.4) is 0 Å². The molecular weight excluding hydrogens is 354 g/mol. The number of benzene rings is 2. The number of aryl methyl sites for hydroxylation is 2. The Bertz CT molecular complexity index is 1010. The third-order valence-electron chi connectivity index (χ3n) is 4.24. The van der Waals surface area contributed by atoms with Gasteiger partial charge in [-0.2, -0.15) is 0 Å². The van der Waals surface area contributed by atoms with Crippen molar-refractivity contribution in [2.75, 3.05) is 17.7 Å². The van der Waals surface area contributed by atoms with Gasteiger partial charge in [0.1, 0.15) is 11.4 Å². The van der Waals surface area contributed by atoms with E-state index in [0.29, 0.717) is 17.0 Å². The molecule has 2 amide bonds. The molecule has 0 saturated heterocycles. The average molecular weight is 375 g/mol. The lowest BCUT2D eigenvalue weighted by Crippen LogP contribution is -2.17. The normalized spacial score (nSPS) is 10.2. The molecule has 3 rings (SSSR count). The van der Waals surface area contributed by atoms with Crippen LogP contribution in [0.25, 0.3) is 0 Å². The van der Waals surface area contributed by atoms with E-state index in [-0.39, 0.29) is 17.5 Å². The molecule has 0 unspecified atom stereocenters. The molecule has 2 aromatic carbocycles. The summed E-state index contributed by atoms with van der Waals surface area (Å²) < 4.78 is 5.10. The maximum absolute atomic E-state index is 12.6. The van der Waals surface area contributed by atoms with Crippen LogP contribution in [0.15, 0.2) is 60.8 Å². The van der Waals surface area contributed by atoms with Crippen molar-refractivity contribution in [2.24, 2.45) is 0 Å². The van der Waals surface area contributed by atoms with Crippen LogP contribution >= 0.6 is 0 Å². The van der Waals surface area contributed by atoms with Crippen molar-refractivity contribution in [3.63, 3.8) is 0 Å². The monoisotopic (exact) mass is 375 g/mol. The van der Waals surface area contributed by atoms with Crippen molar-refractivity contribution in [2.45, 2.75) is 13.8 Å². The molecule has 0 fully saturated rings. The zero-order valence-corrected chi connectivity index (χ0v) is 15.9. The molecule has 6 heteroatoms. The van der Waals surface area contributed by atoms with Gasteiger partial charge in [-0.15, -0.1) is 0 Å². The van der Waals surface area contributed by atoms with E-state index in [1.165, 1.54) is 12.3 Å². The maximum Gasteiger partial charge on any atom is 0.274 e. The van der Waals surface area contributed by atoms with Crippen molar-refractivity contribution < 1.29 is 14.3 Å². The number of nitrogens with zero attached hydrogens (tertiary/aromatic N) is 1. The average Bonchev–Trinajstić information content (AvgIpc) is 2.71. The molecule has 6 nitrogen and oxygen atoms in total. The van der Waals surface area contributed by atoms with Gasteiger partial charge >= 0.3 is 0 Å². The predicted molar refractivity (Wildman–Crippen MR) is 109 cm³/mol. The standard InChI is InChI=1S/C22H21N3O3/c1-14-4-5-15(2)19(12-14)25-22(27)20-13-16(10-11-23-20)21(26)24-17-6-8-18(28-3)9-7-17/h4-13H,1-3H3,(H,24,26)(H,25,27). The first kappa shape index (κ1) is 19.1. The van der Waals surface area contributed by atoms with Crippen LogP contribution in [0, 0.1) is 13.8 Å². The first-order valence-electron chi connectivity index (χ1n) is 8.76. The topological polar surface area (TPSA) is 80.3 Å². The fourth-order valence-electron chi connectivity index (χ4n) is 2.63. The van der Waals surface area contributed by atoms with Crippen molar-refractivity contribution in [3.05, 3.63) is 83.2 Å². The number of ether oxygens (including phenoxy) is 1. The lowest BCUT2D eigenvalue weighted by Gasteiger charge is -2.10. The molecule has 0 bridgehead atoms. The van der Waals surface area contributed by atoms with Crippen LogP contribution < -0.4 is 15.4 Å². The number of aromatic nitrogens is 1. The summed E-state index contributed by atoms with van der Waals surface area (Å²) in [7, 11) is 1.58. The van der Waals surface area contributed by atoms with Gasteiger partial charge in [-0.3, -0.25) is 14.6 Å². The second-order valence-electron chi connectivity index (χ2n) is 6.38. The molecule has 1 heterocycles. The van der Waals surface area contributed by atoms with Crippen LogP contribution in [-0.2, 0) is 0 Å². The Morgan fingerprint density at radius 2 is 1.64 bits per heavy atom. The smallest absolute Gasteiger partial charge is 0.274 e. The predicted octanol–water partition coefficient (Wildman–Crippen LogP) is 4.21. The number of hydrogen-bond acceptors (Lipinski definition) is 4. The van der Waals surface area contributed by atoms with E-state index >= 15 is 0 Å². The van der Waals surface area contributed by atoms with Crippen LogP contribution in [-0.4, -0.2) is 23.9 Å². The summed E-state index contributed by atoms with van der Waals surface area (Å²) >= 11 is 0. The molecule has 142 valence electrons. The SMILES string of the molecule is COc1ccc(NC(=O)c2ccnc(C(=O)Nc3cc(C)ccc3C)c2)cc1. The summed E-state index contributed by atoms with van der Waals surface area (Å²) in [5.41, 5.74) is 3.86. The van der Waals surface area contributed by atoms with Gasteiger partial charge in [0.05, 0.1) is 7.11 Å². The van der Waals surface area contributed by atoms with E-state index in [4.69, 9.17) is 4.74 Å². The van der Waals surface area contributed by atoms with E-state index < -0.39 is 0 Å². The van der Waals surface area contributed by atoms with Crippen molar-refractivity contribution in [1.29, 1.82) is 0 Å². The number of nitrogens with one attached hydrogen (secondary N) is 2. The molecule has 0 aliphatic carbocycles. The first-order valence-corrected chi connectivity index (χ1v) is 8.76. The van der Waals surface area contributed by atoms with Gasteiger partial charge in [-0.25, -0.2) is 0 Å². The number of hydrogen-bond donors (Lipinski definition) is 2. The number of carbonyl (C=O) groups is 2. The highest BCUT2D eigenvalue weighted by Crippen LogP contribution is 2.18. The molecule has 0 atom stereocenters. The van der Waals surface area contributed by atoms with E-state index in [1.54, 1.807) is 37.4 Å². The van der Waals surface area contributed by atoms with E-state index in [1.807, 2.05) is 32.0 Å². The minimum atomic E-state index is -0.368. The van der Waals surface area contributed by atoms with Gasteiger partial charge in [0.15, 0.2) is 0 Å². The third kappa shape index (κ3) is 4.54. The molecule has 0 aliphatic heterocycles. The summed E-state index contributed by atoms with van der Waals surface area (Å²) in [6, 6.07) is 15.8. The Morgan fingerprint density at radius 1 is 0.893 bits per heavy atom. The molecule has 3 aromatic rings. The van der Waals surface area contributed by atoms with Gasteiger partial charge < -0.3 is 15.4 Å². The number of anilines is 2. The fraction of sp³-hybridized carbons (Fsp3) is 0.136. The summed E-state index contributed by atoms with van der Waals surface area (Å²) in [6.07, 6.45) is 1.45. The van der Waals surface area contributed by atoms with Crippen molar-refractivity contribution >= 4 is 23.2 Å². The van der Waals surface area contributed by atoms with E-state index in [2.05, 4.69) is 15.6 Å². The van der Waals surface area contributed by atoms with Crippen LogP contribution in [0.5, 0.6) is 5.75 Å². The maximum atomic E-state index is 12.6. The minimum Gasteiger partial charge on any atom is -0.497 e. The molecule has 1 aromatic heterocycles. The molecule has 0 aliphatic rings. The molecule has 2 N–H and O–H groups in total. The second kappa shape index (κ2) is 8.35. The summed E-state index contributed by atoms with van der Waals surface area (Å²) in [6.45, 7) is 3.87. The lowest BCUT2D eigenvalue weighted by molar-refractivity contribution is 0.102. The molecule has 0 saturated carbocycles. The number of pyridine rings is 1. The van der Waals surface area contributed by atoms with Crippen molar-refractivity contribution in [3.8, 4) is 5.75 Å². The van der Waals surface area contributed by atoms with Gasteiger partial charge in [0.25, 0.3) is 11.8 Å². The van der Waals surface area contributed by atoms with E-state index in [9.17, 15) is 9.59 Å². The number of rotatable bonds is 5. The number of amides is 2. The van der Waals surface area contributed by atoms with Crippen molar-refractivity contribution in [1.82, 2.24) is 4.98 Å². The minimum absolute atomic E-state index is 0.170. The van der Waals surface area contributed by atoms with E-state index in [0.717, 1.165) is 16.8 Å². The largest absolute Gasteiger partial charge is 0.497 e. The fourth-order valence-corrected chi connectivity index (χ4v) is 2.63. The van der Waals surface area contributed by atoms with Gasteiger partial charge in [-0.1, -0.05) is 12.1 Å². The Kier molecular flexibility index (Phi) is 5.69. The Hall–Kier alpha value is -3.67. The zero-order valence-electron chi connectivity index (χ0n) is 15.9. The summed E-state index contributed by atoms with van der Waals surface area (Å²) in [4.78, 5) is 29.2. The molecule has 28 heavy (non-hydrogen) atoms. The third-order valence-corrected chi connectivity index (χ3v) is 4.24. The first-order chi connectivity index (χ1) is 13.5. The Balaban J connectivity index is 1.74. The highest BCUT2D eigenvalue weighted by molar-refractivity contribution is 6.08. The van der Waals surface area contributed by atoms with Gasteiger partial charge in [-0.05, 0) is 67.4 Å². The quantitative estimate of drug-likeness (QED) is 0.700. The van der Waals surface area contributed by atoms with Crippen LogP contribution in [0.2, 0.25) is 0 Å². The van der Waals surface area contributed by atoms with Crippen LogP contribution in [0.4, 0.5) is 11.4 Å². The van der Waals surface area contributed by atoms with Gasteiger partial charge in [0.2, 0.25) is 0 Å². The number of methoxy groups -OCH3 is 1. The van der Waals surface area contributed by atoms with Crippen LogP contribution in [0.1, 0.15) is 32.0 Å². The summed E-state index contributed by atoms with van der Waals surface area (Å²) in [5.74, 6) is 0.00783. The highest BCUT2D eigenvalue weighted by atomic mass is 16.5. The van der Waals surface area contributed by atoms with Gasteiger partial charge in [0, 0.05) is 23.1 Å². The lowest BCUT2D eigenvalue weighted by atomic mass is 10.1. The second-order valence-corrected chi connectivity index (χ2v) is 6.38. The Labute approximate surface area is 163 Å². The zero-order chi connectivity index (χ0) is 20.1.